The van der Waals surface area contributed by atoms with Crippen molar-refractivity contribution in [3.63, 3.8) is 0 Å². The van der Waals surface area contributed by atoms with E-state index in [0.717, 1.165) is 72.4 Å². The highest BCUT2D eigenvalue weighted by Crippen LogP contribution is 2.31. The van der Waals surface area contributed by atoms with Crippen molar-refractivity contribution < 1.29 is 14.3 Å². The number of carbonyl (C=O) groups is 1. The molecule has 0 aromatic carbocycles. The maximum atomic E-state index is 12.2. The number of fused-ring (bicyclic) bond motifs is 1. The van der Waals surface area contributed by atoms with Gasteiger partial charge in [0.1, 0.15) is 11.5 Å². The van der Waals surface area contributed by atoms with Crippen molar-refractivity contribution in [2.45, 2.75) is 32.2 Å². The normalized spacial score (nSPS) is 19.4. The van der Waals surface area contributed by atoms with Gasteiger partial charge in [-0.2, -0.15) is 0 Å². The Hall–Kier alpha value is -3.74. The van der Waals surface area contributed by atoms with Crippen LogP contribution in [0.15, 0.2) is 30.7 Å². The molecule has 0 radical (unpaired) electrons. The summed E-state index contributed by atoms with van der Waals surface area (Å²) in [5.74, 6) is 7.19. The number of aryl methyl sites for hydroxylation is 1. The second kappa shape index (κ2) is 10.3. The third-order valence-corrected chi connectivity index (χ3v) is 7.02. The van der Waals surface area contributed by atoms with Gasteiger partial charge in [-0.1, -0.05) is 5.92 Å². The Morgan fingerprint density at radius 1 is 0.973 bits per heavy atom. The van der Waals surface area contributed by atoms with Crippen LogP contribution in [-0.2, 0) is 14.3 Å². The first kappa shape index (κ1) is 23.6. The van der Waals surface area contributed by atoms with E-state index in [9.17, 15) is 4.79 Å². The van der Waals surface area contributed by atoms with Crippen LogP contribution in [0, 0.1) is 24.7 Å². The Kier molecular flexibility index (Phi) is 6.60. The van der Waals surface area contributed by atoms with Gasteiger partial charge in [-0.25, -0.2) is 9.97 Å². The number of hydrogen-bond acceptors (Lipinski definition) is 8. The third-order valence-electron chi connectivity index (χ3n) is 7.02. The lowest BCUT2D eigenvalue weighted by atomic mass is 10.1. The van der Waals surface area contributed by atoms with E-state index in [0.29, 0.717) is 31.3 Å². The van der Waals surface area contributed by atoms with Crippen LogP contribution in [0.25, 0.3) is 10.8 Å². The number of aromatic nitrogens is 3. The van der Waals surface area contributed by atoms with Crippen molar-refractivity contribution in [3.8, 4) is 11.8 Å². The van der Waals surface area contributed by atoms with Crippen LogP contribution >= 0.6 is 0 Å². The summed E-state index contributed by atoms with van der Waals surface area (Å²) in [7, 11) is 0. The Balaban J connectivity index is 1.32. The molecule has 3 fully saturated rings. The third kappa shape index (κ3) is 5.36. The molecular formula is C28H30N6O3. The maximum absolute atomic E-state index is 12.2. The minimum Gasteiger partial charge on any atom is -0.379 e. The molecule has 2 saturated heterocycles. The predicted molar refractivity (Wildman–Crippen MR) is 142 cm³/mol. The molecule has 0 bridgehead atoms. The van der Waals surface area contributed by atoms with Gasteiger partial charge in [-0.15, -0.1) is 0 Å². The molecule has 1 atom stereocenters. The van der Waals surface area contributed by atoms with Crippen LogP contribution in [0.3, 0.4) is 0 Å². The fourth-order valence-corrected chi connectivity index (χ4v) is 4.70. The zero-order chi connectivity index (χ0) is 25.2. The van der Waals surface area contributed by atoms with Crippen LogP contribution in [-0.4, -0.2) is 66.4 Å². The summed E-state index contributed by atoms with van der Waals surface area (Å²) in [4.78, 5) is 28.2. The molecule has 1 saturated carbocycles. The van der Waals surface area contributed by atoms with Crippen LogP contribution in [0.2, 0.25) is 0 Å². The number of nitrogens with one attached hydrogen (secondary N) is 2. The van der Waals surface area contributed by atoms with Crippen molar-refractivity contribution in [2.75, 3.05) is 55.1 Å². The molecule has 190 valence electrons. The van der Waals surface area contributed by atoms with Gasteiger partial charge >= 0.3 is 0 Å². The van der Waals surface area contributed by atoms with Crippen LogP contribution in [0.4, 0.5) is 17.2 Å². The average molecular weight is 499 g/mol. The molecule has 9 nitrogen and oxygen atoms in total. The van der Waals surface area contributed by atoms with Gasteiger partial charge in [0, 0.05) is 54.5 Å². The van der Waals surface area contributed by atoms with Crippen molar-refractivity contribution in [1.29, 1.82) is 0 Å². The first-order valence-electron chi connectivity index (χ1n) is 12.9. The molecule has 1 aliphatic carbocycles. The number of anilines is 3. The predicted octanol–water partition coefficient (Wildman–Crippen LogP) is 3.12. The Bertz CT molecular complexity index is 1380. The molecule has 9 heteroatoms. The van der Waals surface area contributed by atoms with E-state index >= 15 is 0 Å². The summed E-state index contributed by atoms with van der Waals surface area (Å²) in [6, 6.07) is 4.22. The number of pyridine rings is 3. The molecule has 3 aromatic rings. The van der Waals surface area contributed by atoms with E-state index < -0.39 is 0 Å². The highest BCUT2D eigenvalue weighted by atomic mass is 16.5. The van der Waals surface area contributed by atoms with Gasteiger partial charge < -0.3 is 25.0 Å². The van der Waals surface area contributed by atoms with E-state index in [4.69, 9.17) is 9.47 Å². The lowest BCUT2D eigenvalue weighted by Crippen LogP contribution is -2.37. The molecule has 5 heterocycles. The lowest BCUT2D eigenvalue weighted by molar-refractivity contribution is -0.117. The molecule has 37 heavy (non-hydrogen) atoms. The van der Waals surface area contributed by atoms with E-state index in [-0.39, 0.29) is 17.9 Å². The summed E-state index contributed by atoms with van der Waals surface area (Å²) < 4.78 is 11.1. The molecule has 0 unspecified atom stereocenters. The Morgan fingerprint density at radius 2 is 1.84 bits per heavy atom. The summed E-state index contributed by atoms with van der Waals surface area (Å²) in [6.45, 7) is 6.47. The van der Waals surface area contributed by atoms with Crippen LogP contribution in [0.1, 0.15) is 36.2 Å². The van der Waals surface area contributed by atoms with Crippen molar-refractivity contribution in [3.05, 3.63) is 47.7 Å². The van der Waals surface area contributed by atoms with Gasteiger partial charge in [-0.05, 0) is 44.2 Å². The van der Waals surface area contributed by atoms with Gasteiger partial charge in [0.05, 0.1) is 49.0 Å². The molecule has 3 aromatic heterocycles. The highest BCUT2D eigenvalue weighted by Gasteiger charge is 2.29. The average Bonchev–Trinajstić information content (AvgIpc) is 3.66. The van der Waals surface area contributed by atoms with Gasteiger partial charge in [0.2, 0.25) is 5.91 Å². The van der Waals surface area contributed by atoms with E-state index in [1.807, 2.05) is 25.3 Å². The molecule has 2 aliphatic heterocycles. The van der Waals surface area contributed by atoms with E-state index in [2.05, 4.69) is 42.3 Å². The topological polar surface area (TPSA) is 102 Å². The minimum absolute atomic E-state index is 0.0305. The van der Waals surface area contributed by atoms with Gasteiger partial charge in [0.25, 0.3) is 0 Å². The number of ether oxygens (including phenoxy) is 2. The van der Waals surface area contributed by atoms with Crippen LogP contribution < -0.4 is 15.5 Å². The number of nitrogens with zero attached hydrogens (tertiary/aromatic N) is 4. The first-order chi connectivity index (χ1) is 18.1. The summed E-state index contributed by atoms with van der Waals surface area (Å²) in [6.07, 6.45) is 8.27. The highest BCUT2D eigenvalue weighted by molar-refractivity contribution is 5.96. The minimum atomic E-state index is 0.0305. The number of amides is 1. The molecule has 6 rings (SSSR count). The number of carbonyl (C=O) groups excluding carboxylic acids is 1. The summed E-state index contributed by atoms with van der Waals surface area (Å²) >= 11 is 0. The number of morpholine rings is 1. The fourth-order valence-electron chi connectivity index (χ4n) is 4.70. The van der Waals surface area contributed by atoms with Crippen molar-refractivity contribution >= 4 is 33.9 Å². The van der Waals surface area contributed by atoms with E-state index in [1.165, 1.54) is 0 Å². The Morgan fingerprint density at radius 3 is 2.62 bits per heavy atom. The monoisotopic (exact) mass is 498 g/mol. The molecule has 2 N–H and O–H groups in total. The van der Waals surface area contributed by atoms with Crippen LogP contribution in [0.5, 0.6) is 0 Å². The SMILES string of the molecule is Cc1ncc(C#Cc2cc(N3CCOCC3)c(N[C@H]3CCOC3)cn2)c2cc(NC(=O)C3CC3)ncc12. The van der Waals surface area contributed by atoms with Gasteiger partial charge in [-0.3, -0.25) is 9.78 Å². The quantitative estimate of drug-likeness (QED) is 0.518. The molecule has 3 aliphatic rings. The fraction of sp³-hybridized carbons (Fsp3) is 0.429. The van der Waals surface area contributed by atoms with Crippen molar-refractivity contribution in [1.82, 2.24) is 15.0 Å². The zero-order valence-corrected chi connectivity index (χ0v) is 20.9. The zero-order valence-electron chi connectivity index (χ0n) is 20.9. The van der Waals surface area contributed by atoms with Crippen molar-refractivity contribution in [2.24, 2.45) is 5.92 Å². The smallest absolute Gasteiger partial charge is 0.228 e. The number of hydrogen-bond donors (Lipinski definition) is 2. The van der Waals surface area contributed by atoms with E-state index in [1.54, 1.807) is 12.4 Å². The summed E-state index contributed by atoms with van der Waals surface area (Å²) in [5.41, 5.74) is 4.39. The lowest BCUT2D eigenvalue weighted by Gasteiger charge is -2.31. The maximum Gasteiger partial charge on any atom is 0.228 e. The second-order valence-electron chi connectivity index (χ2n) is 9.78. The van der Waals surface area contributed by atoms with Gasteiger partial charge in [0.15, 0.2) is 0 Å². The number of rotatable bonds is 5. The molecule has 0 spiro atoms. The molecular weight excluding hydrogens is 468 g/mol. The molecule has 1 amide bonds. The largest absolute Gasteiger partial charge is 0.379 e. The Labute approximate surface area is 216 Å². The standard InChI is InChI=1S/C28H30N6O3/c1-18-24-15-31-27(33-28(35)19-2-3-19)13-23(24)20(14-29-18)4-5-21-12-26(34-7-10-36-11-8-34)25(16-30-21)32-22-6-9-37-17-22/h12-16,19,22,32H,2-3,6-11,17H2,1H3,(H,31,33,35)/t22-/m0/s1. The summed E-state index contributed by atoms with van der Waals surface area (Å²) in [5, 5.41) is 8.36. The second-order valence-corrected chi connectivity index (χ2v) is 9.78. The first-order valence-corrected chi connectivity index (χ1v) is 12.9.